The lowest BCUT2D eigenvalue weighted by Crippen LogP contribution is -2.50. The predicted molar refractivity (Wildman–Crippen MR) is 130 cm³/mol. The number of anilines is 1. The Morgan fingerprint density at radius 2 is 1.80 bits per heavy atom. The maximum Gasteiger partial charge on any atom is 0.248 e. The minimum atomic E-state index is -0.554. The summed E-state index contributed by atoms with van der Waals surface area (Å²) in [6.45, 7) is 4.41. The average molecular weight is 488 g/mol. The summed E-state index contributed by atoms with van der Waals surface area (Å²) in [6.07, 6.45) is 1.59. The zero-order valence-electron chi connectivity index (χ0n) is 20.1. The van der Waals surface area contributed by atoms with Gasteiger partial charge in [0, 0.05) is 26.2 Å². The fraction of sp³-hybridized carbons (Fsp3) is 0.462. The molecule has 3 rings (SSSR count). The quantitative estimate of drug-likeness (QED) is 0.353. The molecule has 9 heteroatoms. The maximum absolute atomic E-state index is 14.0. The Balaban J connectivity index is 1.45. The highest BCUT2D eigenvalue weighted by Gasteiger charge is 2.24. The number of hydroxylamine groups is 1. The van der Waals surface area contributed by atoms with Gasteiger partial charge >= 0.3 is 0 Å². The van der Waals surface area contributed by atoms with Gasteiger partial charge < -0.3 is 19.3 Å². The molecule has 2 aromatic rings. The number of benzene rings is 2. The third kappa shape index (κ3) is 8.22. The average Bonchev–Trinajstić information content (AvgIpc) is 2.88. The van der Waals surface area contributed by atoms with Gasteiger partial charge in [0.2, 0.25) is 11.8 Å². The van der Waals surface area contributed by atoms with E-state index in [9.17, 15) is 14.0 Å². The van der Waals surface area contributed by atoms with Gasteiger partial charge in [0.05, 0.1) is 24.8 Å². The second kappa shape index (κ2) is 13.7. The molecule has 2 amide bonds. The van der Waals surface area contributed by atoms with Crippen molar-refractivity contribution < 1.29 is 28.7 Å². The Morgan fingerprint density at radius 3 is 2.46 bits per heavy atom. The molecule has 8 nitrogen and oxygen atoms in total. The molecule has 1 unspecified atom stereocenters. The summed E-state index contributed by atoms with van der Waals surface area (Å²) in [4.78, 5) is 28.0. The van der Waals surface area contributed by atoms with Crippen molar-refractivity contribution in [3.63, 3.8) is 0 Å². The van der Waals surface area contributed by atoms with Crippen LogP contribution in [0.1, 0.15) is 31.7 Å². The van der Waals surface area contributed by atoms with Gasteiger partial charge in [-0.15, -0.1) is 0 Å². The number of halogens is 1. The summed E-state index contributed by atoms with van der Waals surface area (Å²) >= 11 is 0. The van der Waals surface area contributed by atoms with Crippen LogP contribution >= 0.6 is 0 Å². The van der Waals surface area contributed by atoms with Gasteiger partial charge in [-0.05, 0) is 56.0 Å². The smallest absolute Gasteiger partial charge is 0.248 e. The van der Waals surface area contributed by atoms with Crippen LogP contribution in [-0.4, -0.2) is 67.4 Å². The summed E-state index contributed by atoms with van der Waals surface area (Å²) in [7, 11) is 0. The molecule has 1 saturated heterocycles. The largest absolute Gasteiger partial charge is 0.494 e. The summed E-state index contributed by atoms with van der Waals surface area (Å²) in [5, 5.41) is 8.90. The Labute approximate surface area is 205 Å². The van der Waals surface area contributed by atoms with Crippen LogP contribution in [0.25, 0.3) is 0 Å². The number of ether oxygens (including phenoxy) is 2. The molecular weight excluding hydrogens is 453 g/mol. The van der Waals surface area contributed by atoms with E-state index in [0.717, 1.165) is 24.2 Å². The van der Waals surface area contributed by atoms with E-state index >= 15 is 0 Å². The van der Waals surface area contributed by atoms with Crippen molar-refractivity contribution in [3.05, 3.63) is 59.9 Å². The van der Waals surface area contributed by atoms with Crippen LogP contribution in [0.2, 0.25) is 0 Å². The standard InChI is InChI=1S/C26H34FN3O5/c1-2-34-21-12-10-20(11-13-21)6-5-7-22(18-25(31)28-33)35-19-26(32)30-16-14-29(15-17-30)24-9-4-3-8-23(24)27/h3-4,8-13,22,33H,2,5-7,14-19H2,1H3,(H,28,31). The van der Waals surface area contributed by atoms with Gasteiger partial charge in [-0.2, -0.15) is 0 Å². The molecule has 1 aliphatic rings. The number of hydrogen-bond acceptors (Lipinski definition) is 6. The highest BCUT2D eigenvalue weighted by atomic mass is 19.1. The zero-order chi connectivity index (χ0) is 25.0. The molecule has 0 bridgehead atoms. The van der Waals surface area contributed by atoms with Crippen molar-refractivity contribution in [1.29, 1.82) is 0 Å². The topological polar surface area (TPSA) is 91.3 Å². The monoisotopic (exact) mass is 487 g/mol. The number of amides is 2. The van der Waals surface area contributed by atoms with E-state index in [0.29, 0.717) is 44.9 Å². The van der Waals surface area contributed by atoms with E-state index in [2.05, 4.69) is 0 Å². The number of aryl methyl sites for hydroxylation is 1. The van der Waals surface area contributed by atoms with Crippen molar-refractivity contribution in [2.24, 2.45) is 0 Å². The summed E-state index contributed by atoms with van der Waals surface area (Å²) < 4.78 is 25.3. The molecule has 2 aromatic carbocycles. The molecule has 1 heterocycles. The van der Waals surface area contributed by atoms with Crippen molar-refractivity contribution >= 4 is 17.5 Å². The molecule has 1 aliphatic heterocycles. The number of nitrogens with one attached hydrogen (secondary N) is 1. The summed E-state index contributed by atoms with van der Waals surface area (Å²) in [5.41, 5.74) is 3.31. The number of piperazine rings is 1. The predicted octanol–water partition coefficient (Wildman–Crippen LogP) is 3.18. The van der Waals surface area contributed by atoms with Gasteiger partial charge in [0.15, 0.2) is 0 Å². The van der Waals surface area contributed by atoms with Crippen molar-refractivity contribution in [1.82, 2.24) is 10.4 Å². The first kappa shape index (κ1) is 26.4. The van der Waals surface area contributed by atoms with E-state index < -0.39 is 12.0 Å². The molecule has 2 N–H and O–H groups in total. The molecule has 0 saturated carbocycles. The maximum atomic E-state index is 14.0. The van der Waals surface area contributed by atoms with E-state index in [4.69, 9.17) is 14.7 Å². The second-order valence-electron chi connectivity index (χ2n) is 8.46. The van der Waals surface area contributed by atoms with Crippen LogP contribution < -0.4 is 15.1 Å². The highest BCUT2D eigenvalue weighted by molar-refractivity contribution is 5.78. The molecule has 190 valence electrons. The third-order valence-electron chi connectivity index (χ3n) is 6.03. The number of rotatable bonds is 12. The third-order valence-corrected chi connectivity index (χ3v) is 6.03. The van der Waals surface area contributed by atoms with Crippen LogP contribution in [0.3, 0.4) is 0 Å². The van der Waals surface area contributed by atoms with Crippen molar-refractivity contribution in [2.75, 3.05) is 44.3 Å². The van der Waals surface area contributed by atoms with Gasteiger partial charge in [0.25, 0.3) is 0 Å². The minimum absolute atomic E-state index is 0.0336. The lowest BCUT2D eigenvalue weighted by Gasteiger charge is -2.36. The number of carbonyl (C=O) groups is 2. The first-order valence-electron chi connectivity index (χ1n) is 12.0. The minimum Gasteiger partial charge on any atom is -0.494 e. The van der Waals surface area contributed by atoms with Crippen LogP contribution in [0.15, 0.2) is 48.5 Å². The SMILES string of the molecule is CCOc1ccc(CCCC(CC(=O)NO)OCC(=O)N2CCN(c3ccccc3F)CC2)cc1. The number of nitrogens with zero attached hydrogens (tertiary/aromatic N) is 2. The van der Waals surface area contributed by atoms with E-state index in [-0.39, 0.29) is 24.8 Å². The lowest BCUT2D eigenvalue weighted by atomic mass is 10.0. The molecule has 0 radical (unpaired) electrons. The highest BCUT2D eigenvalue weighted by Crippen LogP contribution is 2.20. The first-order valence-corrected chi connectivity index (χ1v) is 12.0. The van der Waals surface area contributed by atoms with Gasteiger partial charge in [0.1, 0.15) is 18.2 Å². The molecule has 1 atom stereocenters. The lowest BCUT2D eigenvalue weighted by molar-refractivity contribution is -0.142. The first-order chi connectivity index (χ1) is 17.0. The Hall–Kier alpha value is -3.17. The Bertz CT molecular complexity index is 948. The van der Waals surface area contributed by atoms with Gasteiger partial charge in [-0.1, -0.05) is 24.3 Å². The fourth-order valence-electron chi connectivity index (χ4n) is 4.13. The molecule has 35 heavy (non-hydrogen) atoms. The van der Waals surface area contributed by atoms with E-state index in [1.165, 1.54) is 6.07 Å². The van der Waals surface area contributed by atoms with Gasteiger partial charge in [-0.25, -0.2) is 9.87 Å². The Kier molecular flexibility index (Phi) is 10.3. The van der Waals surface area contributed by atoms with Crippen LogP contribution in [0.4, 0.5) is 10.1 Å². The summed E-state index contributed by atoms with van der Waals surface area (Å²) in [5.74, 6) is -0.169. The van der Waals surface area contributed by atoms with Crippen LogP contribution in [0, 0.1) is 5.82 Å². The molecule has 0 aliphatic carbocycles. The van der Waals surface area contributed by atoms with Crippen molar-refractivity contribution in [3.8, 4) is 5.75 Å². The van der Waals surface area contributed by atoms with Crippen molar-refractivity contribution in [2.45, 2.75) is 38.7 Å². The normalized spacial score (nSPS) is 14.5. The van der Waals surface area contributed by atoms with Crippen LogP contribution in [0.5, 0.6) is 5.75 Å². The molecule has 0 spiro atoms. The zero-order valence-corrected chi connectivity index (χ0v) is 20.1. The van der Waals surface area contributed by atoms with E-state index in [1.54, 1.807) is 28.6 Å². The van der Waals surface area contributed by atoms with Crippen LogP contribution in [-0.2, 0) is 20.7 Å². The number of para-hydroxylation sites is 1. The summed E-state index contributed by atoms with van der Waals surface area (Å²) in [6, 6.07) is 14.5. The number of carbonyl (C=O) groups excluding carboxylic acids is 2. The molecule has 1 fully saturated rings. The molecular formula is C26H34FN3O5. The second-order valence-corrected chi connectivity index (χ2v) is 8.46. The number of hydrogen-bond donors (Lipinski definition) is 2. The molecule has 0 aromatic heterocycles. The van der Waals surface area contributed by atoms with Gasteiger partial charge in [-0.3, -0.25) is 14.8 Å². The Morgan fingerprint density at radius 1 is 1.09 bits per heavy atom. The van der Waals surface area contributed by atoms with E-state index in [1.807, 2.05) is 36.1 Å². The fourth-order valence-corrected chi connectivity index (χ4v) is 4.13.